The van der Waals surface area contributed by atoms with E-state index in [9.17, 15) is 0 Å². The molecule has 10 rings (SSSR count). The maximum atomic E-state index is 6.57. The van der Waals surface area contributed by atoms with Gasteiger partial charge < -0.3 is 8.83 Å². The first-order valence-electron chi connectivity index (χ1n) is 16.1. The highest BCUT2D eigenvalue weighted by Gasteiger charge is 2.20. The van der Waals surface area contributed by atoms with E-state index in [0.717, 1.165) is 71.6 Å². The number of furan rings is 2. The summed E-state index contributed by atoms with van der Waals surface area (Å²) < 4.78 is 13.0. The predicted molar refractivity (Wildman–Crippen MR) is 196 cm³/mol. The summed E-state index contributed by atoms with van der Waals surface area (Å²) >= 11 is 0. The molecule has 7 aromatic carbocycles. The molecule has 0 amide bonds. The highest BCUT2D eigenvalue weighted by atomic mass is 16.3. The fraction of sp³-hybridized carbons (Fsp3) is 0. The van der Waals surface area contributed by atoms with Crippen molar-refractivity contribution in [1.82, 2.24) is 9.97 Å². The maximum Gasteiger partial charge on any atom is 0.180 e. The molecule has 0 atom stereocenters. The average molecular weight is 615 g/mol. The minimum absolute atomic E-state index is 0.651. The Morgan fingerprint density at radius 3 is 1.73 bits per heavy atom. The van der Waals surface area contributed by atoms with Crippen LogP contribution in [0.25, 0.3) is 99.7 Å². The molecule has 0 bridgehead atoms. The molecule has 0 saturated carbocycles. The van der Waals surface area contributed by atoms with E-state index in [-0.39, 0.29) is 0 Å². The average Bonchev–Trinajstić information content (AvgIpc) is 3.73. The minimum Gasteiger partial charge on any atom is -0.455 e. The summed E-state index contributed by atoms with van der Waals surface area (Å²) in [5.74, 6) is 0.651. The van der Waals surface area contributed by atoms with Crippen molar-refractivity contribution in [1.29, 1.82) is 0 Å². The van der Waals surface area contributed by atoms with E-state index in [4.69, 9.17) is 18.8 Å². The Morgan fingerprint density at radius 2 is 0.938 bits per heavy atom. The fourth-order valence-corrected chi connectivity index (χ4v) is 6.96. The van der Waals surface area contributed by atoms with Gasteiger partial charge in [0.2, 0.25) is 0 Å². The van der Waals surface area contributed by atoms with Gasteiger partial charge in [0.05, 0.1) is 0 Å². The van der Waals surface area contributed by atoms with Crippen LogP contribution in [0.5, 0.6) is 0 Å². The number of aromatic nitrogens is 2. The lowest BCUT2D eigenvalue weighted by molar-refractivity contribution is 0.667. The SMILES string of the molecule is c1ccc(-c2ccc(-c3nc(-c4ccc5oc6c7ccccc7c(-c7ccccc7)cc6c5c4)c4oc5ccccc5c4n3)cc2)cc1. The monoisotopic (exact) mass is 614 g/mol. The van der Waals surface area contributed by atoms with E-state index in [1.807, 2.05) is 30.3 Å². The number of hydrogen-bond donors (Lipinski definition) is 0. The van der Waals surface area contributed by atoms with Gasteiger partial charge in [-0.15, -0.1) is 0 Å². The first-order chi connectivity index (χ1) is 23.8. The Labute approximate surface area is 275 Å². The van der Waals surface area contributed by atoms with Crippen LogP contribution in [0, 0.1) is 0 Å². The van der Waals surface area contributed by atoms with Gasteiger partial charge in [-0.2, -0.15) is 0 Å². The molecule has 0 fully saturated rings. The third kappa shape index (κ3) is 4.16. The number of rotatable bonds is 4. The molecule has 0 radical (unpaired) electrons. The summed E-state index contributed by atoms with van der Waals surface area (Å²) in [7, 11) is 0. The number of para-hydroxylation sites is 1. The molecule has 3 aromatic heterocycles. The molecule has 0 saturated heterocycles. The van der Waals surface area contributed by atoms with Crippen LogP contribution in [0.15, 0.2) is 167 Å². The Balaban J connectivity index is 1.20. The van der Waals surface area contributed by atoms with Gasteiger partial charge in [0.1, 0.15) is 28.0 Å². The van der Waals surface area contributed by atoms with Crippen molar-refractivity contribution in [2.75, 3.05) is 0 Å². The zero-order chi connectivity index (χ0) is 31.6. The molecular weight excluding hydrogens is 588 g/mol. The molecule has 4 nitrogen and oxygen atoms in total. The molecule has 0 spiro atoms. The number of fused-ring (bicyclic) bond motifs is 8. The van der Waals surface area contributed by atoms with Crippen molar-refractivity contribution in [2.45, 2.75) is 0 Å². The first kappa shape index (κ1) is 26.7. The number of benzene rings is 7. The molecule has 224 valence electrons. The van der Waals surface area contributed by atoms with E-state index >= 15 is 0 Å². The minimum atomic E-state index is 0.651. The van der Waals surface area contributed by atoms with Crippen LogP contribution in [0.1, 0.15) is 0 Å². The molecular formula is C44H26N2O2. The van der Waals surface area contributed by atoms with Crippen LogP contribution >= 0.6 is 0 Å². The van der Waals surface area contributed by atoms with E-state index in [1.54, 1.807) is 0 Å². The van der Waals surface area contributed by atoms with Crippen LogP contribution in [0.4, 0.5) is 0 Å². The molecule has 48 heavy (non-hydrogen) atoms. The van der Waals surface area contributed by atoms with E-state index < -0.39 is 0 Å². The van der Waals surface area contributed by atoms with Crippen molar-refractivity contribution >= 4 is 54.8 Å². The van der Waals surface area contributed by atoms with Gasteiger partial charge in [-0.25, -0.2) is 9.97 Å². The molecule has 4 heteroatoms. The van der Waals surface area contributed by atoms with E-state index in [1.165, 1.54) is 16.7 Å². The Bertz CT molecular complexity index is 2810. The van der Waals surface area contributed by atoms with Gasteiger partial charge in [-0.3, -0.25) is 0 Å². The third-order valence-electron chi connectivity index (χ3n) is 9.31. The van der Waals surface area contributed by atoms with Crippen LogP contribution in [-0.2, 0) is 0 Å². The molecule has 0 unspecified atom stereocenters. The second kappa shape index (κ2) is 10.5. The Kier molecular flexibility index (Phi) is 5.84. The molecule has 0 aliphatic carbocycles. The van der Waals surface area contributed by atoms with Crippen molar-refractivity contribution in [3.63, 3.8) is 0 Å². The van der Waals surface area contributed by atoms with Crippen molar-refractivity contribution in [2.24, 2.45) is 0 Å². The predicted octanol–water partition coefficient (Wildman–Crippen LogP) is 12.1. The smallest absolute Gasteiger partial charge is 0.180 e. The Hall–Kier alpha value is -6.52. The summed E-state index contributed by atoms with van der Waals surface area (Å²) in [4.78, 5) is 10.3. The van der Waals surface area contributed by atoms with Gasteiger partial charge >= 0.3 is 0 Å². The standard InChI is InChI=1S/C44H26N2O2/c1-3-11-27(12-4-1)28-19-21-30(22-20-28)44-45-40(43-41(46-44)34-17-9-10-18-38(34)48-43)31-23-24-39-36(25-31)37-26-35(29-13-5-2-6-14-29)32-15-7-8-16-33(32)42(37)47-39/h1-26H. The normalized spacial score (nSPS) is 11.8. The summed E-state index contributed by atoms with van der Waals surface area (Å²) in [5.41, 5.74) is 11.3. The highest BCUT2D eigenvalue weighted by molar-refractivity contribution is 6.20. The lowest BCUT2D eigenvalue weighted by Crippen LogP contribution is -1.94. The summed E-state index contributed by atoms with van der Waals surface area (Å²) in [6.45, 7) is 0. The largest absolute Gasteiger partial charge is 0.455 e. The number of nitrogens with zero attached hydrogens (tertiary/aromatic N) is 2. The quantitative estimate of drug-likeness (QED) is 0.198. The molecule has 10 aromatic rings. The maximum absolute atomic E-state index is 6.57. The lowest BCUT2D eigenvalue weighted by atomic mass is 9.95. The zero-order valence-corrected chi connectivity index (χ0v) is 25.7. The first-order valence-corrected chi connectivity index (χ1v) is 16.1. The molecule has 0 N–H and O–H groups in total. The van der Waals surface area contributed by atoms with Crippen molar-refractivity contribution in [3.8, 4) is 44.9 Å². The fourth-order valence-electron chi connectivity index (χ4n) is 6.96. The molecule has 0 aliphatic heterocycles. The lowest BCUT2D eigenvalue weighted by Gasteiger charge is -2.08. The highest BCUT2D eigenvalue weighted by Crippen LogP contribution is 2.42. The third-order valence-corrected chi connectivity index (χ3v) is 9.31. The van der Waals surface area contributed by atoms with Gasteiger partial charge in [0.15, 0.2) is 11.4 Å². The van der Waals surface area contributed by atoms with Crippen LogP contribution in [-0.4, -0.2) is 9.97 Å². The van der Waals surface area contributed by atoms with Crippen LogP contribution < -0.4 is 0 Å². The Morgan fingerprint density at radius 1 is 0.354 bits per heavy atom. The van der Waals surface area contributed by atoms with Crippen molar-refractivity contribution in [3.05, 3.63) is 158 Å². The van der Waals surface area contributed by atoms with E-state index in [2.05, 4.69) is 127 Å². The zero-order valence-electron chi connectivity index (χ0n) is 25.7. The second-order valence-corrected chi connectivity index (χ2v) is 12.1. The number of hydrogen-bond acceptors (Lipinski definition) is 4. The van der Waals surface area contributed by atoms with Gasteiger partial charge in [0, 0.05) is 32.7 Å². The summed E-state index contributed by atoms with van der Waals surface area (Å²) in [6, 6.07) is 54.5. The second-order valence-electron chi connectivity index (χ2n) is 12.1. The molecule has 3 heterocycles. The van der Waals surface area contributed by atoms with Crippen LogP contribution in [0.2, 0.25) is 0 Å². The van der Waals surface area contributed by atoms with Crippen molar-refractivity contribution < 1.29 is 8.83 Å². The van der Waals surface area contributed by atoms with E-state index in [0.29, 0.717) is 11.4 Å². The summed E-state index contributed by atoms with van der Waals surface area (Å²) in [6.07, 6.45) is 0. The topological polar surface area (TPSA) is 52.1 Å². The van der Waals surface area contributed by atoms with Gasteiger partial charge in [0.25, 0.3) is 0 Å². The van der Waals surface area contributed by atoms with Crippen LogP contribution in [0.3, 0.4) is 0 Å². The van der Waals surface area contributed by atoms with Gasteiger partial charge in [-0.05, 0) is 64.0 Å². The molecule has 0 aliphatic rings. The van der Waals surface area contributed by atoms with Gasteiger partial charge in [-0.1, -0.05) is 121 Å². The summed E-state index contributed by atoms with van der Waals surface area (Å²) in [5, 5.41) is 5.32.